The Labute approximate surface area is 130 Å². The lowest BCUT2D eigenvalue weighted by atomic mass is 9.99. The Hall–Kier alpha value is -0.820. The van der Waals surface area contributed by atoms with E-state index in [1.54, 1.807) is 32.0 Å². The number of hydrogen-bond donors (Lipinski definition) is 0. The fraction of sp³-hybridized carbons (Fsp3) is 0.385. The van der Waals surface area contributed by atoms with Gasteiger partial charge in [-0.2, -0.15) is 0 Å². The Morgan fingerprint density at radius 1 is 1.21 bits per heavy atom. The van der Waals surface area contributed by atoms with E-state index >= 15 is 0 Å². The molecule has 19 heavy (non-hydrogen) atoms. The largest absolute Gasteiger partial charge is 0.465 e. The van der Waals surface area contributed by atoms with Crippen LogP contribution in [-0.4, -0.2) is 25.2 Å². The van der Waals surface area contributed by atoms with Crippen molar-refractivity contribution in [3.63, 3.8) is 0 Å². The SMILES string of the molecule is CCOC(=O)C(C(=O)OCC)c1cc(Cl)ccc1I. The third-order valence-corrected chi connectivity index (χ3v) is 3.53. The van der Waals surface area contributed by atoms with Crippen LogP contribution in [0.25, 0.3) is 0 Å². The van der Waals surface area contributed by atoms with Crippen molar-refractivity contribution in [1.29, 1.82) is 0 Å². The summed E-state index contributed by atoms with van der Waals surface area (Å²) in [4.78, 5) is 23.9. The first-order valence-electron chi connectivity index (χ1n) is 5.79. The highest BCUT2D eigenvalue weighted by Gasteiger charge is 2.33. The summed E-state index contributed by atoms with van der Waals surface area (Å²) in [5.41, 5.74) is 0.505. The molecular formula is C13H14ClIO4. The van der Waals surface area contributed by atoms with E-state index in [2.05, 4.69) is 0 Å². The van der Waals surface area contributed by atoms with Gasteiger partial charge in [-0.3, -0.25) is 9.59 Å². The average Bonchev–Trinajstić information content (AvgIpc) is 2.34. The summed E-state index contributed by atoms with van der Waals surface area (Å²) in [6, 6.07) is 5.02. The molecule has 6 heteroatoms. The minimum Gasteiger partial charge on any atom is -0.465 e. The first-order chi connectivity index (χ1) is 9.01. The molecule has 104 valence electrons. The molecule has 0 unspecified atom stereocenters. The van der Waals surface area contributed by atoms with Gasteiger partial charge in [0.05, 0.1) is 13.2 Å². The van der Waals surface area contributed by atoms with E-state index in [4.69, 9.17) is 21.1 Å². The molecule has 0 aliphatic heterocycles. The molecule has 0 saturated carbocycles. The average molecular weight is 397 g/mol. The summed E-state index contributed by atoms with van der Waals surface area (Å²) in [7, 11) is 0. The molecule has 0 N–H and O–H groups in total. The minimum absolute atomic E-state index is 0.200. The first-order valence-corrected chi connectivity index (χ1v) is 7.25. The number of halogens is 2. The van der Waals surface area contributed by atoms with Crippen LogP contribution in [0.5, 0.6) is 0 Å². The van der Waals surface area contributed by atoms with Crippen LogP contribution in [0.15, 0.2) is 18.2 Å². The molecule has 0 aromatic heterocycles. The maximum Gasteiger partial charge on any atom is 0.324 e. The van der Waals surface area contributed by atoms with Gasteiger partial charge < -0.3 is 9.47 Å². The van der Waals surface area contributed by atoms with Gasteiger partial charge in [0.1, 0.15) is 0 Å². The molecule has 0 radical (unpaired) electrons. The Balaban J connectivity index is 3.18. The van der Waals surface area contributed by atoms with Gasteiger partial charge in [0.15, 0.2) is 5.92 Å². The third kappa shape index (κ3) is 4.35. The highest BCUT2D eigenvalue weighted by Crippen LogP contribution is 2.27. The molecule has 0 aliphatic carbocycles. The van der Waals surface area contributed by atoms with Gasteiger partial charge in [-0.05, 0) is 60.2 Å². The Bertz CT molecular complexity index is 458. The Morgan fingerprint density at radius 3 is 2.21 bits per heavy atom. The molecule has 0 amide bonds. The van der Waals surface area contributed by atoms with Crippen molar-refractivity contribution in [2.24, 2.45) is 0 Å². The van der Waals surface area contributed by atoms with Crippen molar-refractivity contribution < 1.29 is 19.1 Å². The van der Waals surface area contributed by atoms with Crippen molar-refractivity contribution in [3.8, 4) is 0 Å². The predicted octanol–water partition coefficient (Wildman–Crippen LogP) is 3.15. The van der Waals surface area contributed by atoms with E-state index in [0.29, 0.717) is 10.6 Å². The maximum absolute atomic E-state index is 12.0. The molecule has 0 aliphatic rings. The van der Waals surface area contributed by atoms with Gasteiger partial charge in [0.2, 0.25) is 0 Å². The Kier molecular flexibility index (Phi) is 6.57. The topological polar surface area (TPSA) is 52.6 Å². The van der Waals surface area contributed by atoms with Gasteiger partial charge in [-0.1, -0.05) is 11.6 Å². The fourth-order valence-corrected chi connectivity index (χ4v) is 2.36. The van der Waals surface area contributed by atoms with Gasteiger partial charge in [0, 0.05) is 8.59 Å². The first kappa shape index (κ1) is 16.2. The van der Waals surface area contributed by atoms with Gasteiger partial charge in [0.25, 0.3) is 0 Å². The van der Waals surface area contributed by atoms with Crippen LogP contribution < -0.4 is 0 Å². The number of hydrogen-bond acceptors (Lipinski definition) is 4. The summed E-state index contributed by atoms with van der Waals surface area (Å²) >= 11 is 7.96. The summed E-state index contributed by atoms with van der Waals surface area (Å²) in [6.45, 7) is 3.77. The van der Waals surface area contributed by atoms with Gasteiger partial charge in [-0.15, -0.1) is 0 Å². The molecule has 0 spiro atoms. The van der Waals surface area contributed by atoms with Gasteiger partial charge >= 0.3 is 11.9 Å². The van der Waals surface area contributed by atoms with Crippen molar-refractivity contribution >= 4 is 46.1 Å². The Morgan fingerprint density at radius 2 is 1.74 bits per heavy atom. The molecular weight excluding hydrogens is 382 g/mol. The molecule has 0 atom stereocenters. The fourth-order valence-electron chi connectivity index (χ4n) is 1.54. The quantitative estimate of drug-likeness (QED) is 0.436. The molecule has 4 nitrogen and oxygen atoms in total. The van der Waals surface area contributed by atoms with Crippen LogP contribution >= 0.6 is 34.2 Å². The number of rotatable bonds is 5. The molecule has 0 fully saturated rings. The van der Waals surface area contributed by atoms with Crippen molar-refractivity contribution in [2.75, 3.05) is 13.2 Å². The summed E-state index contributed by atoms with van der Waals surface area (Å²) in [5.74, 6) is -2.34. The molecule has 0 saturated heterocycles. The molecule has 0 heterocycles. The second-order valence-corrected chi connectivity index (χ2v) is 5.20. The van der Waals surface area contributed by atoms with Crippen LogP contribution in [0, 0.1) is 3.57 Å². The zero-order valence-corrected chi connectivity index (χ0v) is 13.5. The summed E-state index contributed by atoms with van der Waals surface area (Å²) in [6.07, 6.45) is 0. The number of benzene rings is 1. The van der Waals surface area contributed by atoms with E-state index in [1.807, 2.05) is 22.6 Å². The number of carbonyl (C=O) groups excluding carboxylic acids is 2. The number of carbonyl (C=O) groups is 2. The number of ether oxygens (including phenoxy) is 2. The van der Waals surface area contributed by atoms with E-state index in [-0.39, 0.29) is 13.2 Å². The second-order valence-electron chi connectivity index (χ2n) is 3.60. The number of esters is 2. The summed E-state index contributed by atoms with van der Waals surface area (Å²) in [5, 5.41) is 0.453. The lowest BCUT2D eigenvalue weighted by Gasteiger charge is -2.16. The maximum atomic E-state index is 12.0. The van der Waals surface area contributed by atoms with Crippen LogP contribution in [0.1, 0.15) is 25.3 Å². The zero-order chi connectivity index (χ0) is 14.4. The zero-order valence-electron chi connectivity index (χ0n) is 10.6. The van der Waals surface area contributed by atoms with Crippen molar-refractivity contribution in [2.45, 2.75) is 19.8 Å². The molecule has 1 aromatic rings. The van der Waals surface area contributed by atoms with Crippen molar-refractivity contribution in [3.05, 3.63) is 32.4 Å². The molecule has 0 bridgehead atoms. The second kappa shape index (κ2) is 7.69. The highest BCUT2D eigenvalue weighted by atomic mass is 127. The summed E-state index contributed by atoms with van der Waals surface area (Å²) < 4.78 is 10.6. The normalized spacial score (nSPS) is 10.4. The molecule has 1 aromatic carbocycles. The van der Waals surface area contributed by atoms with Crippen LogP contribution in [0.4, 0.5) is 0 Å². The van der Waals surface area contributed by atoms with E-state index in [0.717, 1.165) is 3.57 Å². The van der Waals surface area contributed by atoms with Crippen LogP contribution in [-0.2, 0) is 19.1 Å². The van der Waals surface area contributed by atoms with E-state index < -0.39 is 17.9 Å². The minimum atomic E-state index is -1.09. The van der Waals surface area contributed by atoms with Crippen LogP contribution in [0.2, 0.25) is 5.02 Å². The van der Waals surface area contributed by atoms with Crippen molar-refractivity contribution in [1.82, 2.24) is 0 Å². The molecule has 1 rings (SSSR count). The third-order valence-electron chi connectivity index (χ3n) is 2.31. The lowest BCUT2D eigenvalue weighted by molar-refractivity contribution is -0.156. The van der Waals surface area contributed by atoms with Crippen LogP contribution in [0.3, 0.4) is 0 Å². The smallest absolute Gasteiger partial charge is 0.324 e. The van der Waals surface area contributed by atoms with E-state index in [9.17, 15) is 9.59 Å². The predicted molar refractivity (Wildman–Crippen MR) is 80.2 cm³/mol. The van der Waals surface area contributed by atoms with Gasteiger partial charge in [-0.25, -0.2) is 0 Å². The monoisotopic (exact) mass is 396 g/mol. The standard InChI is InChI=1S/C13H14ClIO4/c1-3-18-12(16)11(13(17)19-4-2)9-7-8(14)5-6-10(9)15/h5-7,11H,3-4H2,1-2H3. The highest BCUT2D eigenvalue weighted by molar-refractivity contribution is 14.1. The lowest BCUT2D eigenvalue weighted by Crippen LogP contribution is -2.27. The van der Waals surface area contributed by atoms with E-state index in [1.165, 1.54) is 0 Å².